The summed E-state index contributed by atoms with van der Waals surface area (Å²) in [5.41, 5.74) is 5.97. The molecule has 0 aliphatic carbocycles. The minimum absolute atomic E-state index is 0.0367. The first-order valence-electron chi connectivity index (χ1n) is 8.57. The molecule has 1 heterocycles. The third-order valence-corrected chi connectivity index (χ3v) is 4.36. The number of fused-ring (bicyclic) bond motifs is 1. The van der Waals surface area contributed by atoms with Crippen LogP contribution < -0.4 is 10.1 Å². The Kier molecular flexibility index (Phi) is 5.08. The number of ether oxygens (including phenoxy) is 1. The van der Waals surface area contributed by atoms with Gasteiger partial charge in [0.1, 0.15) is 5.75 Å². The van der Waals surface area contributed by atoms with Gasteiger partial charge in [-0.3, -0.25) is 4.79 Å². The number of nitrogens with one attached hydrogen (secondary N) is 2. The molecule has 130 valence electrons. The average Bonchev–Trinajstić information content (AvgIpc) is 2.89. The van der Waals surface area contributed by atoms with Crippen LogP contribution >= 0.6 is 0 Å². The van der Waals surface area contributed by atoms with Crippen LogP contribution in [0.2, 0.25) is 0 Å². The topological polar surface area (TPSA) is 54.1 Å². The fourth-order valence-corrected chi connectivity index (χ4v) is 2.98. The maximum Gasteiger partial charge on any atom is 0.257 e. The zero-order chi connectivity index (χ0) is 17.8. The fourth-order valence-electron chi connectivity index (χ4n) is 2.98. The summed E-state index contributed by atoms with van der Waals surface area (Å²) < 4.78 is 5.50. The molecule has 0 bridgehead atoms. The van der Waals surface area contributed by atoms with Gasteiger partial charge < -0.3 is 15.0 Å². The Morgan fingerprint density at radius 1 is 1.04 bits per heavy atom. The predicted octanol–water partition coefficient (Wildman–Crippen LogP) is 3.83. The maximum absolute atomic E-state index is 12.0. The van der Waals surface area contributed by atoms with Crippen LogP contribution in [0.1, 0.15) is 22.4 Å². The van der Waals surface area contributed by atoms with Crippen molar-refractivity contribution in [1.29, 1.82) is 0 Å². The van der Waals surface area contributed by atoms with E-state index in [1.807, 2.05) is 31.2 Å². The summed E-state index contributed by atoms with van der Waals surface area (Å²) in [4.78, 5) is 15.4. The van der Waals surface area contributed by atoms with Gasteiger partial charge in [-0.2, -0.15) is 0 Å². The largest absolute Gasteiger partial charge is 0.484 e. The highest BCUT2D eigenvalue weighted by molar-refractivity contribution is 5.85. The number of amides is 1. The molecule has 2 N–H and O–H groups in total. The molecule has 0 aliphatic heterocycles. The van der Waals surface area contributed by atoms with Gasteiger partial charge in [-0.15, -0.1) is 0 Å². The highest BCUT2D eigenvalue weighted by Gasteiger charge is 2.09. The molecule has 0 saturated heterocycles. The Hall–Kier alpha value is -2.75. The van der Waals surface area contributed by atoms with Crippen molar-refractivity contribution in [3.05, 3.63) is 64.8 Å². The van der Waals surface area contributed by atoms with Crippen molar-refractivity contribution in [3.8, 4) is 5.75 Å². The Morgan fingerprint density at radius 3 is 2.52 bits per heavy atom. The monoisotopic (exact) mass is 336 g/mol. The van der Waals surface area contributed by atoms with Crippen LogP contribution in [-0.2, 0) is 11.2 Å². The number of aryl methyl sites for hydroxylation is 3. The lowest BCUT2D eigenvalue weighted by Gasteiger charge is -2.08. The molecule has 0 saturated carbocycles. The molecular weight excluding hydrogens is 312 g/mol. The summed E-state index contributed by atoms with van der Waals surface area (Å²) in [6, 6.07) is 14.1. The van der Waals surface area contributed by atoms with Gasteiger partial charge in [0.05, 0.1) is 0 Å². The van der Waals surface area contributed by atoms with E-state index in [9.17, 15) is 4.79 Å². The van der Waals surface area contributed by atoms with Crippen molar-refractivity contribution in [1.82, 2.24) is 10.3 Å². The second-order valence-electron chi connectivity index (χ2n) is 6.48. The van der Waals surface area contributed by atoms with E-state index in [1.54, 1.807) is 0 Å². The molecule has 0 unspecified atom stereocenters. The van der Waals surface area contributed by atoms with Crippen LogP contribution in [0.5, 0.6) is 5.75 Å². The van der Waals surface area contributed by atoms with E-state index in [-0.39, 0.29) is 12.5 Å². The number of hydrogen-bond acceptors (Lipinski definition) is 2. The van der Waals surface area contributed by atoms with E-state index in [0.717, 1.165) is 17.6 Å². The number of rotatable bonds is 6. The van der Waals surface area contributed by atoms with Crippen molar-refractivity contribution in [2.24, 2.45) is 0 Å². The summed E-state index contributed by atoms with van der Waals surface area (Å²) in [6.07, 6.45) is 0.797. The molecule has 0 spiro atoms. The van der Waals surface area contributed by atoms with E-state index < -0.39 is 0 Å². The van der Waals surface area contributed by atoms with Crippen LogP contribution in [0, 0.1) is 20.8 Å². The number of aromatic amines is 1. The Labute approximate surface area is 148 Å². The number of hydrogen-bond donors (Lipinski definition) is 2. The predicted molar refractivity (Wildman–Crippen MR) is 101 cm³/mol. The van der Waals surface area contributed by atoms with E-state index in [0.29, 0.717) is 12.3 Å². The molecule has 1 amide bonds. The minimum Gasteiger partial charge on any atom is -0.484 e. The summed E-state index contributed by atoms with van der Waals surface area (Å²) >= 11 is 0. The summed E-state index contributed by atoms with van der Waals surface area (Å²) in [5, 5.41) is 4.17. The van der Waals surface area contributed by atoms with Gasteiger partial charge in [0, 0.05) is 23.1 Å². The van der Waals surface area contributed by atoms with Crippen LogP contribution in [-0.4, -0.2) is 24.0 Å². The molecule has 3 aromatic rings. The lowest BCUT2D eigenvalue weighted by atomic mass is 10.1. The zero-order valence-electron chi connectivity index (χ0n) is 15.0. The molecule has 4 heteroatoms. The highest BCUT2D eigenvalue weighted by atomic mass is 16.5. The van der Waals surface area contributed by atoms with Crippen LogP contribution in [0.4, 0.5) is 0 Å². The second-order valence-corrected chi connectivity index (χ2v) is 6.48. The summed E-state index contributed by atoms with van der Waals surface area (Å²) in [7, 11) is 0. The molecule has 0 radical (unpaired) electrons. The Balaban J connectivity index is 1.52. The molecular formula is C21H24N2O2. The number of benzene rings is 2. The van der Waals surface area contributed by atoms with Gasteiger partial charge in [-0.1, -0.05) is 29.3 Å². The molecule has 4 nitrogen and oxygen atoms in total. The maximum atomic E-state index is 12.0. The molecule has 25 heavy (non-hydrogen) atoms. The highest BCUT2D eigenvalue weighted by Crippen LogP contribution is 2.23. The van der Waals surface area contributed by atoms with E-state index in [4.69, 9.17) is 4.74 Å². The normalized spacial score (nSPS) is 10.8. The third kappa shape index (κ3) is 4.21. The second kappa shape index (κ2) is 7.43. The molecule has 0 fully saturated rings. The molecule has 0 atom stereocenters. The number of carbonyl (C=O) groups excluding carboxylic acids is 1. The average molecular weight is 336 g/mol. The minimum atomic E-state index is -0.103. The van der Waals surface area contributed by atoms with Crippen molar-refractivity contribution in [2.75, 3.05) is 13.2 Å². The van der Waals surface area contributed by atoms with Crippen molar-refractivity contribution >= 4 is 16.8 Å². The number of aromatic nitrogens is 1. The number of H-pyrrole nitrogens is 1. The van der Waals surface area contributed by atoms with Gasteiger partial charge in [0.15, 0.2) is 6.61 Å². The SMILES string of the molecule is Cc1ccc(OCC(=O)NCCc2c(C)[nH]c3ccc(C)cc23)cc1. The first-order valence-corrected chi connectivity index (χ1v) is 8.57. The van der Waals surface area contributed by atoms with Gasteiger partial charge >= 0.3 is 0 Å². The first kappa shape index (κ1) is 17.1. The summed E-state index contributed by atoms with van der Waals surface area (Å²) in [5.74, 6) is 0.609. The summed E-state index contributed by atoms with van der Waals surface area (Å²) in [6.45, 7) is 6.82. The third-order valence-electron chi connectivity index (χ3n) is 4.36. The van der Waals surface area contributed by atoms with Crippen LogP contribution in [0.3, 0.4) is 0 Å². The standard InChI is InChI=1S/C21H24N2O2/c1-14-4-7-17(8-5-14)25-13-21(24)22-11-10-18-16(3)23-20-9-6-15(2)12-19(18)20/h4-9,12,23H,10-11,13H2,1-3H3,(H,22,24). The Bertz CT molecular complexity index is 879. The van der Waals surface area contributed by atoms with Gasteiger partial charge in [-0.05, 0) is 57.0 Å². The molecule has 3 rings (SSSR count). The molecule has 1 aromatic heterocycles. The molecule has 0 aliphatic rings. The van der Waals surface area contributed by atoms with E-state index in [2.05, 4.69) is 42.3 Å². The van der Waals surface area contributed by atoms with Gasteiger partial charge in [0.25, 0.3) is 5.91 Å². The van der Waals surface area contributed by atoms with Crippen LogP contribution in [0.15, 0.2) is 42.5 Å². The van der Waals surface area contributed by atoms with Gasteiger partial charge in [-0.25, -0.2) is 0 Å². The first-order chi connectivity index (χ1) is 12.0. The zero-order valence-corrected chi connectivity index (χ0v) is 15.0. The Morgan fingerprint density at radius 2 is 1.76 bits per heavy atom. The van der Waals surface area contributed by atoms with Gasteiger partial charge in [0.2, 0.25) is 0 Å². The van der Waals surface area contributed by atoms with E-state index in [1.165, 1.54) is 22.1 Å². The van der Waals surface area contributed by atoms with Crippen LogP contribution in [0.25, 0.3) is 10.9 Å². The lowest BCUT2D eigenvalue weighted by molar-refractivity contribution is -0.123. The smallest absolute Gasteiger partial charge is 0.257 e. The van der Waals surface area contributed by atoms with E-state index >= 15 is 0 Å². The quantitative estimate of drug-likeness (QED) is 0.719. The lowest BCUT2D eigenvalue weighted by Crippen LogP contribution is -2.30. The fraction of sp³-hybridized carbons (Fsp3) is 0.286. The van der Waals surface area contributed by atoms with Crippen molar-refractivity contribution < 1.29 is 9.53 Å². The number of carbonyl (C=O) groups is 1. The molecule has 2 aromatic carbocycles. The van der Waals surface area contributed by atoms with Crippen molar-refractivity contribution in [2.45, 2.75) is 27.2 Å². The van der Waals surface area contributed by atoms with Crippen molar-refractivity contribution in [3.63, 3.8) is 0 Å².